The molecular weight excluding hydrogens is 286 g/mol. The van der Waals surface area contributed by atoms with Gasteiger partial charge in [0.25, 0.3) is 0 Å². The Morgan fingerprint density at radius 2 is 2.13 bits per heavy atom. The molecule has 0 aromatic carbocycles. The Bertz CT molecular complexity index is 671. The first kappa shape index (κ1) is 16.4. The minimum Gasteiger partial charge on any atom is -0.388 e. The summed E-state index contributed by atoms with van der Waals surface area (Å²) in [6, 6.07) is 0. The standard InChI is InChI=1S/C20H27NO2/c1-12(2)19-14(11-22)17(13-7-5-6-8-13)18-15(21-19)9-20(3,4)10-16(18)23/h7,11-12,16,23H,5-6,8-10H2,1-4H3. The molecule has 1 aromatic heterocycles. The molecule has 1 atom stereocenters. The van der Waals surface area contributed by atoms with Crippen LogP contribution in [0.3, 0.4) is 0 Å². The van der Waals surface area contributed by atoms with Crippen LogP contribution in [0.5, 0.6) is 0 Å². The Labute approximate surface area is 138 Å². The van der Waals surface area contributed by atoms with Crippen LogP contribution in [0.2, 0.25) is 0 Å². The van der Waals surface area contributed by atoms with Gasteiger partial charge in [0.05, 0.1) is 11.8 Å². The number of aliphatic hydroxyl groups is 1. The van der Waals surface area contributed by atoms with E-state index in [0.717, 1.165) is 60.9 Å². The lowest BCUT2D eigenvalue weighted by atomic mass is 9.72. The summed E-state index contributed by atoms with van der Waals surface area (Å²) in [5, 5.41) is 10.8. The summed E-state index contributed by atoms with van der Waals surface area (Å²) in [4.78, 5) is 16.7. The van der Waals surface area contributed by atoms with Crippen LogP contribution >= 0.6 is 0 Å². The Hall–Kier alpha value is -1.48. The first-order valence-electron chi connectivity index (χ1n) is 8.73. The summed E-state index contributed by atoms with van der Waals surface area (Å²) >= 11 is 0. The van der Waals surface area contributed by atoms with Gasteiger partial charge >= 0.3 is 0 Å². The van der Waals surface area contributed by atoms with Crippen molar-refractivity contribution in [2.24, 2.45) is 5.41 Å². The maximum absolute atomic E-state index is 11.9. The molecule has 3 heteroatoms. The Morgan fingerprint density at radius 3 is 2.70 bits per heavy atom. The van der Waals surface area contributed by atoms with Gasteiger partial charge in [-0.05, 0) is 54.6 Å². The van der Waals surface area contributed by atoms with Crippen molar-refractivity contribution in [1.82, 2.24) is 4.98 Å². The molecule has 23 heavy (non-hydrogen) atoms. The number of carbonyl (C=O) groups is 1. The third kappa shape index (κ3) is 2.87. The molecule has 1 heterocycles. The fourth-order valence-corrected chi connectivity index (χ4v) is 4.13. The van der Waals surface area contributed by atoms with E-state index in [9.17, 15) is 9.90 Å². The molecule has 0 bridgehead atoms. The molecule has 2 aliphatic rings. The summed E-state index contributed by atoms with van der Waals surface area (Å²) in [6.45, 7) is 8.52. The maximum atomic E-state index is 11.9. The van der Waals surface area contributed by atoms with E-state index in [1.54, 1.807) is 0 Å². The van der Waals surface area contributed by atoms with Gasteiger partial charge in [-0.1, -0.05) is 33.8 Å². The highest BCUT2D eigenvalue weighted by Crippen LogP contribution is 2.46. The molecule has 0 saturated carbocycles. The lowest BCUT2D eigenvalue weighted by molar-refractivity contribution is 0.0975. The van der Waals surface area contributed by atoms with Crippen molar-refractivity contribution in [3.05, 3.63) is 34.2 Å². The van der Waals surface area contributed by atoms with Gasteiger partial charge < -0.3 is 5.11 Å². The van der Waals surface area contributed by atoms with E-state index < -0.39 is 6.10 Å². The number of nitrogens with zero attached hydrogens (tertiary/aromatic N) is 1. The smallest absolute Gasteiger partial charge is 0.152 e. The van der Waals surface area contributed by atoms with Crippen molar-refractivity contribution in [3.63, 3.8) is 0 Å². The monoisotopic (exact) mass is 313 g/mol. The highest BCUT2D eigenvalue weighted by Gasteiger charge is 2.36. The zero-order valence-electron chi connectivity index (χ0n) is 14.6. The normalized spacial score (nSPS) is 22.9. The molecule has 3 rings (SSSR count). The highest BCUT2D eigenvalue weighted by atomic mass is 16.3. The second-order valence-electron chi connectivity index (χ2n) is 8.10. The summed E-state index contributed by atoms with van der Waals surface area (Å²) in [7, 11) is 0. The lowest BCUT2D eigenvalue weighted by Crippen LogP contribution is -2.29. The summed E-state index contributed by atoms with van der Waals surface area (Å²) in [5.41, 5.74) is 5.75. The van der Waals surface area contributed by atoms with Gasteiger partial charge in [-0.15, -0.1) is 0 Å². The Kier molecular flexibility index (Phi) is 4.18. The number of aromatic nitrogens is 1. The van der Waals surface area contributed by atoms with Crippen LogP contribution in [0.25, 0.3) is 5.57 Å². The Morgan fingerprint density at radius 1 is 1.39 bits per heavy atom. The number of aliphatic hydroxyl groups excluding tert-OH is 1. The van der Waals surface area contributed by atoms with Gasteiger partial charge in [0.1, 0.15) is 0 Å². The second kappa shape index (κ2) is 5.86. The predicted octanol–water partition coefficient (Wildman–Crippen LogP) is 4.59. The van der Waals surface area contributed by atoms with Crippen LogP contribution in [-0.4, -0.2) is 16.4 Å². The second-order valence-corrected chi connectivity index (χ2v) is 8.10. The highest BCUT2D eigenvalue weighted by molar-refractivity contribution is 5.89. The fourth-order valence-electron chi connectivity index (χ4n) is 4.13. The largest absolute Gasteiger partial charge is 0.388 e. The minimum absolute atomic E-state index is 0.0394. The molecule has 1 unspecified atom stereocenters. The molecule has 0 amide bonds. The molecule has 1 N–H and O–H groups in total. The minimum atomic E-state index is -0.530. The van der Waals surface area contributed by atoms with Crippen LogP contribution in [0, 0.1) is 5.41 Å². The molecule has 2 aliphatic carbocycles. The number of pyridine rings is 1. The third-order valence-corrected chi connectivity index (χ3v) is 5.13. The van der Waals surface area contributed by atoms with Gasteiger partial charge in [0.15, 0.2) is 6.29 Å². The lowest BCUT2D eigenvalue weighted by Gasteiger charge is -2.36. The molecular formula is C20H27NO2. The van der Waals surface area contributed by atoms with E-state index in [0.29, 0.717) is 5.56 Å². The zero-order valence-corrected chi connectivity index (χ0v) is 14.6. The average molecular weight is 313 g/mol. The van der Waals surface area contributed by atoms with Crippen LogP contribution in [-0.2, 0) is 6.42 Å². The topological polar surface area (TPSA) is 50.2 Å². The summed E-state index contributed by atoms with van der Waals surface area (Å²) in [6.07, 6.45) is 7.41. The van der Waals surface area contributed by atoms with Crippen LogP contribution < -0.4 is 0 Å². The molecule has 1 aromatic rings. The van der Waals surface area contributed by atoms with Gasteiger partial charge in [0, 0.05) is 16.8 Å². The van der Waals surface area contributed by atoms with E-state index >= 15 is 0 Å². The predicted molar refractivity (Wildman–Crippen MR) is 92.6 cm³/mol. The quantitative estimate of drug-likeness (QED) is 0.830. The molecule has 0 saturated heterocycles. The number of hydrogen-bond acceptors (Lipinski definition) is 3. The van der Waals surface area contributed by atoms with Crippen LogP contribution in [0.1, 0.15) is 98.3 Å². The third-order valence-electron chi connectivity index (χ3n) is 5.13. The number of hydrogen-bond donors (Lipinski definition) is 1. The zero-order chi connectivity index (χ0) is 16.8. The SMILES string of the molecule is CC(C)c1nc2c(c(C3=CCCC3)c1C=O)C(O)CC(C)(C)C2. The van der Waals surface area contributed by atoms with Crippen molar-refractivity contribution in [3.8, 4) is 0 Å². The molecule has 0 fully saturated rings. The maximum Gasteiger partial charge on any atom is 0.152 e. The number of allylic oxidation sites excluding steroid dienone is 2. The molecule has 0 spiro atoms. The first-order chi connectivity index (χ1) is 10.8. The molecule has 0 radical (unpaired) electrons. The van der Waals surface area contributed by atoms with Gasteiger partial charge in [-0.2, -0.15) is 0 Å². The average Bonchev–Trinajstić information content (AvgIpc) is 2.97. The number of carbonyl (C=O) groups excluding carboxylic acids is 1. The van der Waals surface area contributed by atoms with Crippen LogP contribution in [0.4, 0.5) is 0 Å². The van der Waals surface area contributed by atoms with E-state index in [2.05, 4.69) is 33.8 Å². The first-order valence-corrected chi connectivity index (χ1v) is 8.73. The Balaban J connectivity index is 2.31. The van der Waals surface area contributed by atoms with Crippen molar-refractivity contribution in [2.45, 2.75) is 71.8 Å². The fraction of sp³-hybridized carbons (Fsp3) is 0.600. The summed E-state index contributed by atoms with van der Waals surface area (Å²) in [5.74, 6) is 0.198. The summed E-state index contributed by atoms with van der Waals surface area (Å²) < 4.78 is 0. The van der Waals surface area contributed by atoms with Gasteiger partial charge in [0.2, 0.25) is 0 Å². The van der Waals surface area contributed by atoms with Crippen molar-refractivity contribution < 1.29 is 9.90 Å². The van der Waals surface area contributed by atoms with E-state index in [1.165, 1.54) is 5.57 Å². The molecule has 3 nitrogen and oxygen atoms in total. The van der Waals surface area contributed by atoms with Gasteiger partial charge in [-0.3, -0.25) is 9.78 Å². The van der Waals surface area contributed by atoms with E-state index in [-0.39, 0.29) is 11.3 Å². The number of aldehydes is 1. The van der Waals surface area contributed by atoms with Crippen LogP contribution in [0.15, 0.2) is 6.08 Å². The van der Waals surface area contributed by atoms with Gasteiger partial charge in [-0.25, -0.2) is 0 Å². The van der Waals surface area contributed by atoms with E-state index in [4.69, 9.17) is 4.98 Å². The molecule has 0 aliphatic heterocycles. The number of fused-ring (bicyclic) bond motifs is 1. The number of rotatable bonds is 3. The molecule has 124 valence electrons. The van der Waals surface area contributed by atoms with Crippen molar-refractivity contribution >= 4 is 11.9 Å². The van der Waals surface area contributed by atoms with Crippen molar-refractivity contribution in [2.75, 3.05) is 0 Å². The van der Waals surface area contributed by atoms with Crippen molar-refractivity contribution in [1.29, 1.82) is 0 Å². The van der Waals surface area contributed by atoms with E-state index in [1.807, 2.05) is 0 Å².